The number of halogens is 1. The Morgan fingerprint density at radius 3 is 2.44 bits per heavy atom. The van der Waals surface area contributed by atoms with Crippen LogP contribution >= 0.6 is 11.6 Å². The van der Waals surface area contributed by atoms with Gasteiger partial charge in [0.15, 0.2) is 0 Å². The highest BCUT2D eigenvalue weighted by molar-refractivity contribution is 6.30. The van der Waals surface area contributed by atoms with Gasteiger partial charge in [-0.1, -0.05) is 49.4 Å². The summed E-state index contributed by atoms with van der Waals surface area (Å²) >= 11 is 5.89. The minimum Gasteiger partial charge on any atom is -0.352 e. The van der Waals surface area contributed by atoms with Crippen molar-refractivity contribution >= 4 is 23.4 Å². The Morgan fingerprint density at radius 2 is 1.76 bits per heavy atom. The zero-order valence-corrected chi connectivity index (χ0v) is 15.4. The monoisotopic (exact) mass is 362 g/mol. The quantitative estimate of drug-likeness (QED) is 0.825. The number of benzene rings is 1. The van der Waals surface area contributed by atoms with E-state index in [0.29, 0.717) is 37.0 Å². The second-order valence-electron chi connectivity index (χ2n) is 7.27. The standard InChI is InChI=1S/C20H27ClN2O2/c21-17-10-7-15(8-11-17)13-22-20(25)16-9-12-19(24)23(14-16)18-5-3-1-2-4-6-18/h7-8,10-11,16,18H,1-6,9,12-14H2,(H,22,25)/t16-/m1/s1. The first-order chi connectivity index (χ1) is 12.1. The zero-order chi connectivity index (χ0) is 17.6. The largest absolute Gasteiger partial charge is 0.352 e. The molecule has 2 aliphatic rings. The van der Waals surface area contributed by atoms with E-state index >= 15 is 0 Å². The first-order valence-electron chi connectivity index (χ1n) is 9.45. The SMILES string of the molecule is O=C(NCc1ccc(Cl)cc1)[C@@H]1CCC(=O)N(C2CCCCCC2)C1. The van der Waals surface area contributed by atoms with Crippen LogP contribution in [0.15, 0.2) is 24.3 Å². The van der Waals surface area contributed by atoms with E-state index in [9.17, 15) is 9.59 Å². The lowest BCUT2D eigenvalue weighted by atomic mass is 9.93. The summed E-state index contributed by atoms with van der Waals surface area (Å²) in [6.45, 7) is 1.08. The molecule has 0 bridgehead atoms. The first-order valence-corrected chi connectivity index (χ1v) is 9.83. The topological polar surface area (TPSA) is 49.4 Å². The van der Waals surface area contributed by atoms with Crippen LogP contribution < -0.4 is 5.32 Å². The van der Waals surface area contributed by atoms with Crippen molar-refractivity contribution in [2.45, 2.75) is 64.0 Å². The minimum absolute atomic E-state index is 0.0565. The summed E-state index contributed by atoms with van der Waals surface area (Å²) < 4.78 is 0. The van der Waals surface area contributed by atoms with Crippen molar-refractivity contribution in [3.63, 3.8) is 0 Å². The Kier molecular flexibility index (Phi) is 6.35. The molecule has 3 rings (SSSR count). The lowest BCUT2D eigenvalue weighted by Gasteiger charge is -2.37. The van der Waals surface area contributed by atoms with Gasteiger partial charge in [0.25, 0.3) is 0 Å². The lowest BCUT2D eigenvalue weighted by Crippen LogP contribution is -2.49. The molecular formula is C20H27ClN2O2. The minimum atomic E-state index is -0.0896. The third-order valence-corrected chi connectivity index (χ3v) is 5.71. The average Bonchev–Trinajstić information content (AvgIpc) is 2.91. The van der Waals surface area contributed by atoms with Gasteiger partial charge < -0.3 is 10.2 Å². The number of rotatable bonds is 4. The third kappa shape index (κ3) is 4.97. The van der Waals surface area contributed by atoms with Crippen molar-refractivity contribution in [2.75, 3.05) is 6.54 Å². The van der Waals surface area contributed by atoms with E-state index in [1.54, 1.807) is 0 Å². The number of carbonyl (C=O) groups is 2. The predicted molar refractivity (Wildman–Crippen MR) is 99.2 cm³/mol. The molecule has 4 nitrogen and oxygen atoms in total. The molecule has 1 saturated heterocycles. The number of hydrogen-bond acceptors (Lipinski definition) is 2. The van der Waals surface area contributed by atoms with Gasteiger partial charge in [0.05, 0.1) is 5.92 Å². The van der Waals surface area contributed by atoms with Crippen LogP contribution in [0.4, 0.5) is 0 Å². The van der Waals surface area contributed by atoms with Gasteiger partial charge in [-0.25, -0.2) is 0 Å². The van der Waals surface area contributed by atoms with E-state index in [4.69, 9.17) is 11.6 Å². The molecule has 136 valence electrons. The molecule has 5 heteroatoms. The summed E-state index contributed by atoms with van der Waals surface area (Å²) in [5.41, 5.74) is 1.03. The average molecular weight is 363 g/mol. The molecule has 1 saturated carbocycles. The molecule has 2 amide bonds. The third-order valence-electron chi connectivity index (χ3n) is 5.46. The maximum Gasteiger partial charge on any atom is 0.225 e. The summed E-state index contributed by atoms with van der Waals surface area (Å²) in [5.74, 6) is 0.197. The summed E-state index contributed by atoms with van der Waals surface area (Å²) in [4.78, 5) is 26.9. The summed E-state index contributed by atoms with van der Waals surface area (Å²) in [6.07, 6.45) is 8.26. The Labute approximate surface area is 154 Å². The maximum absolute atomic E-state index is 12.6. The predicted octanol–water partition coefficient (Wildman–Crippen LogP) is 3.92. The number of hydrogen-bond donors (Lipinski definition) is 1. The van der Waals surface area contributed by atoms with Gasteiger partial charge in [0.2, 0.25) is 11.8 Å². The highest BCUT2D eigenvalue weighted by Crippen LogP contribution is 2.27. The van der Waals surface area contributed by atoms with Gasteiger partial charge >= 0.3 is 0 Å². The van der Waals surface area contributed by atoms with Gasteiger partial charge in [0, 0.05) is 30.6 Å². The number of amides is 2. The number of carbonyl (C=O) groups excluding carboxylic acids is 2. The summed E-state index contributed by atoms with van der Waals surface area (Å²) in [7, 11) is 0. The molecule has 1 atom stereocenters. The summed E-state index contributed by atoms with van der Waals surface area (Å²) in [5, 5.41) is 3.71. The highest BCUT2D eigenvalue weighted by atomic mass is 35.5. The molecule has 0 spiro atoms. The molecule has 1 heterocycles. The van der Waals surface area contributed by atoms with Crippen LogP contribution in [0.3, 0.4) is 0 Å². The molecule has 1 aliphatic heterocycles. The van der Waals surface area contributed by atoms with Crippen molar-refractivity contribution in [1.29, 1.82) is 0 Å². The van der Waals surface area contributed by atoms with Gasteiger partial charge in [-0.3, -0.25) is 9.59 Å². The molecule has 1 aliphatic carbocycles. The fourth-order valence-electron chi connectivity index (χ4n) is 3.94. The molecular weight excluding hydrogens is 336 g/mol. The summed E-state index contributed by atoms with van der Waals surface area (Å²) in [6, 6.07) is 7.84. The van der Waals surface area contributed by atoms with Crippen LogP contribution in [-0.2, 0) is 16.1 Å². The van der Waals surface area contributed by atoms with Crippen molar-refractivity contribution in [3.8, 4) is 0 Å². The van der Waals surface area contributed by atoms with Gasteiger partial charge in [-0.15, -0.1) is 0 Å². The van der Waals surface area contributed by atoms with Gasteiger partial charge in [-0.2, -0.15) is 0 Å². The van der Waals surface area contributed by atoms with E-state index in [1.165, 1.54) is 25.7 Å². The Morgan fingerprint density at radius 1 is 1.08 bits per heavy atom. The fraction of sp³-hybridized carbons (Fsp3) is 0.600. The fourth-order valence-corrected chi connectivity index (χ4v) is 4.07. The van der Waals surface area contributed by atoms with Crippen molar-refractivity contribution in [1.82, 2.24) is 10.2 Å². The molecule has 1 aromatic carbocycles. The molecule has 0 unspecified atom stereocenters. The van der Waals surface area contributed by atoms with Crippen LogP contribution in [0.25, 0.3) is 0 Å². The second-order valence-corrected chi connectivity index (χ2v) is 7.71. The Bertz CT molecular complexity index is 594. The zero-order valence-electron chi connectivity index (χ0n) is 14.7. The maximum atomic E-state index is 12.6. The van der Waals surface area contributed by atoms with E-state index in [2.05, 4.69) is 5.32 Å². The Balaban J connectivity index is 1.55. The van der Waals surface area contributed by atoms with Gasteiger partial charge in [-0.05, 0) is 37.0 Å². The van der Waals surface area contributed by atoms with Crippen molar-refractivity contribution in [3.05, 3.63) is 34.9 Å². The molecule has 2 fully saturated rings. The highest BCUT2D eigenvalue weighted by Gasteiger charge is 2.34. The van der Waals surface area contributed by atoms with E-state index in [0.717, 1.165) is 18.4 Å². The molecule has 0 aromatic heterocycles. The normalized spacial score (nSPS) is 22.5. The van der Waals surface area contributed by atoms with Crippen LogP contribution in [0.1, 0.15) is 56.9 Å². The van der Waals surface area contributed by atoms with Crippen LogP contribution in [-0.4, -0.2) is 29.3 Å². The second kappa shape index (κ2) is 8.70. The van der Waals surface area contributed by atoms with Crippen molar-refractivity contribution in [2.24, 2.45) is 5.92 Å². The van der Waals surface area contributed by atoms with Gasteiger partial charge in [0.1, 0.15) is 0 Å². The molecule has 1 N–H and O–H groups in total. The smallest absolute Gasteiger partial charge is 0.225 e. The van der Waals surface area contributed by atoms with E-state index in [1.807, 2.05) is 29.2 Å². The first kappa shape index (κ1) is 18.2. The molecule has 1 aromatic rings. The number of nitrogens with zero attached hydrogens (tertiary/aromatic N) is 1. The number of piperidine rings is 1. The van der Waals surface area contributed by atoms with Crippen molar-refractivity contribution < 1.29 is 9.59 Å². The van der Waals surface area contributed by atoms with Crippen LogP contribution in [0.5, 0.6) is 0 Å². The van der Waals surface area contributed by atoms with Crippen LogP contribution in [0, 0.1) is 5.92 Å². The number of likely N-dealkylation sites (tertiary alicyclic amines) is 1. The van der Waals surface area contributed by atoms with Crippen LogP contribution in [0.2, 0.25) is 5.02 Å². The lowest BCUT2D eigenvalue weighted by molar-refractivity contribution is -0.141. The Hall–Kier alpha value is -1.55. The molecule has 0 radical (unpaired) electrons. The van der Waals surface area contributed by atoms with E-state index in [-0.39, 0.29) is 17.7 Å². The van der Waals surface area contributed by atoms with E-state index < -0.39 is 0 Å². The number of nitrogens with one attached hydrogen (secondary N) is 1. The molecule has 25 heavy (non-hydrogen) atoms.